The summed E-state index contributed by atoms with van der Waals surface area (Å²) in [4.78, 5) is 2.92. The van der Waals surface area contributed by atoms with Crippen LogP contribution < -0.4 is 0 Å². The van der Waals surface area contributed by atoms with Gasteiger partial charge in [-0.25, -0.2) is 0 Å². The molecule has 1 rings (SSSR count). The van der Waals surface area contributed by atoms with Crippen molar-refractivity contribution in [1.82, 2.24) is 0 Å². The Morgan fingerprint density at radius 2 is 1.42 bits per heavy atom. The first-order valence-corrected chi connectivity index (χ1v) is 7.02. The van der Waals surface area contributed by atoms with Gasteiger partial charge in [-0.3, -0.25) is 0 Å². The van der Waals surface area contributed by atoms with Gasteiger partial charge in [0.1, 0.15) is 0 Å². The number of nitrogens with zero attached hydrogens (tertiary/aromatic N) is 1. The van der Waals surface area contributed by atoms with Gasteiger partial charge in [-0.2, -0.15) is 0 Å². The van der Waals surface area contributed by atoms with Gasteiger partial charge in [0.2, 0.25) is 0 Å². The number of unbranched alkanes of at least 4 members (excludes halogenated alkanes) is 1. The molecule has 0 N–H and O–H groups in total. The third-order valence-corrected chi connectivity index (χ3v) is 3.56. The fourth-order valence-electron chi connectivity index (χ4n) is 1.22. The quantitative estimate of drug-likeness (QED) is 0.144. The second-order valence-corrected chi connectivity index (χ2v) is 4.92. The monoisotopic (exact) mass is 361 g/mol. The van der Waals surface area contributed by atoms with Crippen LogP contribution in [0.3, 0.4) is 0 Å². The molecule has 0 heterocycles. The van der Waals surface area contributed by atoms with Crippen molar-refractivity contribution in [2.75, 3.05) is 12.3 Å². The van der Waals surface area contributed by atoms with Gasteiger partial charge in [0.25, 0.3) is 0 Å². The van der Waals surface area contributed by atoms with Crippen molar-refractivity contribution >= 4 is 32.1 Å². The molecule has 8 heteroatoms. The van der Waals surface area contributed by atoms with Gasteiger partial charge in [0.05, 0.1) is 0 Å². The average molecular weight is 360 g/mol. The fourth-order valence-corrected chi connectivity index (χ4v) is 2.40. The first-order valence-electron chi connectivity index (χ1n) is 5.18. The van der Waals surface area contributed by atoms with Crippen LogP contribution in [0, 0.1) is 29.1 Å². The van der Waals surface area contributed by atoms with Gasteiger partial charge in [-0.1, -0.05) is 0 Å². The first kappa shape index (κ1) is 16.4. The van der Waals surface area contributed by atoms with Crippen LogP contribution in [0.2, 0.25) is 0 Å². The number of aliphatic imine (C=N–C) groups is 1. The molecular weight excluding hydrogens is 352 g/mol. The molecule has 0 fully saturated rings. The van der Waals surface area contributed by atoms with Crippen molar-refractivity contribution in [1.29, 1.82) is 0 Å². The minimum atomic E-state index is -2.14. The number of benzene rings is 1. The van der Waals surface area contributed by atoms with E-state index in [1.54, 1.807) is 0 Å². The number of halogens is 5. The van der Waals surface area contributed by atoms with Crippen molar-refractivity contribution < 1.29 is 22.0 Å². The molecule has 0 saturated heterocycles. The molecule has 104 valence electrons. The Labute approximate surface area is 118 Å². The van der Waals surface area contributed by atoms with E-state index in [1.807, 2.05) is 0 Å². The van der Waals surface area contributed by atoms with E-state index in [2.05, 4.69) is 25.3 Å². The molecule has 0 radical (unpaired) electrons. The normalized spacial score (nSPS) is 10.4. The molecule has 1 nitrogen and oxygen atoms in total. The Kier molecular flexibility index (Phi) is 6.72. The van der Waals surface area contributed by atoms with Crippen LogP contribution >= 0.6 is 11.8 Å². The van der Waals surface area contributed by atoms with Crippen molar-refractivity contribution in [3.05, 3.63) is 29.1 Å². The molecule has 1 aromatic carbocycles. The van der Waals surface area contributed by atoms with Crippen molar-refractivity contribution in [3.63, 3.8) is 0 Å². The average Bonchev–Trinajstić information content (AvgIpc) is 2.41. The maximum atomic E-state index is 13.3. The zero-order valence-corrected chi connectivity index (χ0v) is 12.0. The Balaban J connectivity index is 2.71. The van der Waals surface area contributed by atoms with E-state index in [9.17, 15) is 22.0 Å². The second-order valence-electron chi connectivity index (χ2n) is 3.43. The number of rotatable bonds is 6. The van der Waals surface area contributed by atoms with E-state index in [-0.39, 0.29) is 5.75 Å². The Hall–Kier alpha value is -0.681. The maximum absolute atomic E-state index is 13.3. The SMILES string of the molecule is Fc1c(F)c(F)c(SCCCCN=C=[Se])c(F)c1F. The van der Waals surface area contributed by atoms with Crippen molar-refractivity contribution in [2.45, 2.75) is 17.7 Å². The Morgan fingerprint density at radius 3 is 1.95 bits per heavy atom. The summed E-state index contributed by atoms with van der Waals surface area (Å²) in [5.41, 5.74) is 0. The predicted octanol–water partition coefficient (Wildman–Crippen LogP) is 3.33. The molecule has 0 aromatic heterocycles. The minimum absolute atomic E-state index is 0.237. The van der Waals surface area contributed by atoms with E-state index >= 15 is 0 Å². The van der Waals surface area contributed by atoms with Gasteiger partial charge < -0.3 is 0 Å². The van der Waals surface area contributed by atoms with E-state index in [0.717, 1.165) is 0 Å². The zero-order valence-electron chi connectivity index (χ0n) is 9.48. The molecule has 0 aliphatic carbocycles. The summed E-state index contributed by atoms with van der Waals surface area (Å²) in [6.45, 7) is 0.491. The van der Waals surface area contributed by atoms with Crippen molar-refractivity contribution in [2.24, 2.45) is 4.99 Å². The third kappa shape index (κ3) is 4.14. The molecule has 0 bridgehead atoms. The van der Waals surface area contributed by atoms with Crippen molar-refractivity contribution in [3.8, 4) is 0 Å². The second kappa shape index (κ2) is 7.80. The van der Waals surface area contributed by atoms with Crippen LogP contribution in [-0.2, 0) is 0 Å². The molecule has 0 aliphatic heterocycles. The van der Waals surface area contributed by atoms with Crippen LogP contribution in [0.15, 0.2) is 9.89 Å². The van der Waals surface area contributed by atoms with Crippen LogP contribution in [0.4, 0.5) is 22.0 Å². The van der Waals surface area contributed by atoms with E-state index < -0.39 is 34.0 Å². The molecule has 19 heavy (non-hydrogen) atoms. The Morgan fingerprint density at radius 1 is 0.895 bits per heavy atom. The number of hydrogen-bond donors (Lipinski definition) is 0. The summed E-state index contributed by atoms with van der Waals surface area (Å²) in [5, 5.41) is 0. The van der Waals surface area contributed by atoms with Gasteiger partial charge in [-0.05, 0) is 0 Å². The fraction of sp³-hybridized carbons (Fsp3) is 0.364. The van der Waals surface area contributed by atoms with Gasteiger partial charge >= 0.3 is 118 Å². The summed E-state index contributed by atoms with van der Waals surface area (Å²) in [5.74, 6) is -9.29. The molecule has 0 aliphatic rings. The van der Waals surface area contributed by atoms with Gasteiger partial charge in [-0.15, -0.1) is 0 Å². The third-order valence-electron chi connectivity index (χ3n) is 2.14. The van der Waals surface area contributed by atoms with Crippen LogP contribution in [0.1, 0.15) is 12.8 Å². The summed E-state index contributed by atoms with van der Waals surface area (Å²) < 4.78 is 67.5. The molecule has 0 atom stereocenters. The van der Waals surface area contributed by atoms with E-state index in [4.69, 9.17) is 0 Å². The van der Waals surface area contributed by atoms with Gasteiger partial charge in [0.15, 0.2) is 0 Å². The topological polar surface area (TPSA) is 12.4 Å². The standard InChI is InChI=1S/C11H8F5NSSe/c12-6-7(13)9(15)11(10(16)8(6)14)18-4-2-1-3-17-5-19/h1-4H2. The first-order chi connectivity index (χ1) is 9.00. The number of thioether (sulfide) groups is 1. The van der Waals surface area contributed by atoms with E-state index in [0.29, 0.717) is 31.1 Å². The molecule has 0 amide bonds. The molecular formula is C11H8F5NSSe. The number of hydrogen-bond acceptors (Lipinski definition) is 2. The van der Waals surface area contributed by atoms with E-state index in [1.165, 1.54) is 0 Å². The Bertz CT molecular complexity index is 487. The summed E-state index contributed by atoms with van der Waals surface area (Å²) in [7, 11) is 0. The summed E-state index contributed by atoms with van der Waals surface area (Å²) in [6.07, 6.45) is 1.17. The summed E-state index contributed by atoms with van der Waals surface area (Å²) in [6, 6.07) is 0. The zero-order chi connectivity index (χ0) is 14.4. The van der Waals surface area contributed by atoms with Crippen LogP contribution in [0.5, 0.6) is 0 Å². The van der Waals surface area contributed by atoms with Gasteiger partial charge in [0, 0.05) is 0 Å². The molecule has 0 saturated carbocycles. The van der Waals surface area contributed by atoms with Crippen LogP contribution in [-0.4, -0.2) is 32.6 Å². The van der Waals surface area contributed by atoms with Crippen LogP contribution in [0.25, 0.3) is 0 Å². The predicted molar refractivity (Wildman–Crippen MR) is 64.2 cm³/mol. The summed E-state index contributed by atoms with van der Waals surface area (Å²) >= 11 is 3.05. The molecule has 0 unspecified atom stereocenters. The molecule has 0 spiro atoms. The molecule has 1 aromatic rings.